The van der Waals surface area contributed by atoms with Crippen LogP contribution in [0.15, 0.2) is 321 Å². The van der Waals surface area contributed by atoms with Gasteiger partial charge >= 0.3 is 21.0 Å². The Morgan fingerprint density at radius 3 is 0.466 bits per heavy atom. The molecule has 3 aromatic heterocycles. The zero-order chi connectivity index (χ0) is 102. The molecule has 12 aromatic carbocycles. The van der Waals surface area contributed by atoms with Crippen LogP contribution >= 0.6 is 94.1 Å². The van der Waals surface area contributed by atoms with Gasteiger partial charge in [0.15, 0.2) is 0 Å². The molecule has 0 amide bonds. The van der Waals surface area contributed by atoms with Crippen molar-refractivity contribution in [3.8, 4) is 91.5 Å². The van der Waals surface area contributed by atoms with Gasteiger partial charge in [0.2, 0.25) is 0 Å². The van der Waals surface area contributed by atoms with Gasteiger partial charge in [-0.3, -0.25) is 0 Å². The summed E-state index contributed by atoms with van der Waals surface area (Å²) >= 11 is 14.0. The number of fused-ring (bicyclic) bond motifs is 20. The van der Waals surface area contributed by atoms with Crippen LogP contribution in [-0.4, -0.2) is 82.8 Å². The molecule has 0 radical (unpaired) electrons. The second-order valence-corrected chi connectivity index (χ2v) is 48.0. The Kier molecular flexibility index (Phi) is 39.1. The summed E-state index contributed by atoms with van der Waals surface area (Å²) in [5, 5.41) is 2.17. The Bertz CT molecular complexity index is 6250. The number of hydrogen-bond donors (Lipinski definition) is 0. The van der Waals surface area contributed by atoms with Gasteiger partial charge in [0.25, 0.3) is 0 Å². The van der Waals surface area contributed by atoms with Gasteiger partial charge in [-0.25, -0.2) is 9.97 Å². The Morgan fingerprint density at radius 2 is 0.329 bits per heavy atom. The van der Waals surface area contributed by atoms with Crippen molar-refractivity contribution in [1.29, 1.82) is 0 Å². The van der Waals surface area contributed by atoms with E-state index in [1.54, 1.807) is 94.1 Å². The van der Waals surface area contributed by atoms with Crippen LogP contribution < -0.4 is 47.9 Å². The summed E-state index contributed by atoms with van der Waals surface area (Å²) in [6.07, 6.45) is 5.64. The summed E-state index contributed by atoms with van der Waals surface area (Å²) in [5.41, 5.74) is 3.11. The van der Waals surface area contributed by atoms with Gasteiger partial charge in [0.05, 0.1) is 138 Å². The van der Waals surface area contributed by atoms with E-state index in [1.807, 2.05) is 0 Å². The molecule has 0 unspecified atom stereocenters. The standard InChI is InChI=1S/C120H128N8O8S8.O.V/c1-73(2)57-65-129-97-89-90(98(130-66-58-74(3)4)106(138-82-43-27-18-28-44-82)105(97)137-81-41-25-17-26-42-81)114-121-113(89)125-115-91-92(100(132-68-60-76(7)8)108(140-84-47-31-20-32-48-84)107(99(91)131-67-59-75(5)6)139-83-45-29-19-30-46-83)117(122-115)127-119-95-96(104(136-72-64-80(15)16)112(144-88-55-39-24-40-56-88)111(103(95)135-71-63-79(13)14)143-87-53-37-23-38-54-87)120(124-119)128-118-94-93(116(123-118)126-114)101(133-69-61-77(9)10)109(141-85-49-33-21-34-50-85)110(102(94)134-70-62-78(11)12)142-86-51-35-22-36-52-86;;/h17-56,73-80H,57-72H2,1-16H3;;/q-2;;+2. The van der Waals surface area contributed by atoms with E-state index in [1.165, 1.54) is 0 Å². The molecule has 755 valence electrons. The molecule has 0 spiro atoms. The van der Waals surface area contributed by atoms with Crippen LogP contribution in [0, 0.1) is 47.3 Å². The molecule has 8 bridgehead atoms. The number of rotatable bonds is 48. The molecule has 0 fully saturated rings. The Balaban J connectivity index is 0.00000758. The molecule has 15 aromatic rings. The third-order valence-electron chi connectivity index (χ3n) is 24.0. The number of nitrogens with zero attached hydrogens (tertiary/aromatic N) is 8. The van der Waals surface area contributed by atoms with E-state index < -0.39 is 0 Å². The average molecular weight is 2130 g/mol. The van der Waals surface area contributed by atoms with Crippen LogP contribution in [0.3, 0.4) is 0 Å². The fraction of sp³-hybridized carbons (Fsp3) is 0.333. The summed E-state index contributed by atoms with van der Waals surface area (Å²) in [4.78, 5) is 63.8. The van der Waals surface area contributed by atoms with Crippen molar-refractivity contribution in [3.63, 3.8) is 0 Å². The third kappa shape index (κ3) is 27.2. The molecule has 0 aliphatic carbocycles. The van der Waals surface area contributed by atoms with Gasteiger partial charge in [-0.05, 0) is 196 Å². The molecule has 5 heterocycles. The van der Waals surface area contributed by atoms with E-state index >= 15 is 0 Å². The molecule has 2 aliphatic rings. The Hall–Kier alpha value is -10.4. The summed E-state index contributed by atoms with van der Waals surface area (Å²) in [7, 11) is 0. The van der Waals surface area contributed by atoms with Gasteiger partial charge in [-0.2, -0.15) is 0 Å². The molecule has 146 heavy (non-hydrogen) atoms. The predicted molar refractivity (Wildman–Crippen MR) is 599 cm³/mol. The zero-order valence-corrected chi connectivity index (χ0v) is 93.9. The SMILES string of the molecule is CC(C)CCOc1c(Sc2ccccc2)c(Sc2ccccc2)c(OCCC(C)C)c2c1-c1nc-2nc2[n-]c(nc3nc(nc4[n-]c(n1)c1c(OCCC(C)C)c(Sc5ccccc5)c(Sc5ccccc5)c(OCCC(C)C)c41)-c1c(OCCC(C)C)c(Sc4ccccc4)c(Sc4ccccc4)c(OCCC(C)C)c1-3)c1c(OCCC(C)C)c(Sc3ccccc3)c(Sc3ccccc3)c(OCCC(C)C)c21.[O]=[V+2]. The predicted octanol–water partition coefficient (Wildman–Crippen LogP) is 34.6. The van der Waals surface area contributed by atoms with Crippen LogP contribution in [0.5, 0.6) is 46.0 Å². The normalized spacial score (nSPS) is 11.8. The zero-order valence-electron chi connectivity index (χ0n) is 86.0. The molecule has 2 aliphatic heterocycles. The number of ether oxygens (including phenoxy) is 8. The summed E-state index contributed by atoms with van der Waals surface area (Å²) in [5.74, 6) is 7.17. The second kappa shape index (κ2) is 52.6. The first-order chi connectivity index (χ1) is 71.0. The number of benzene rings is 12. The van der Waals surface area contributed by atoms with Gasteiger partial charge in [0.1, 0.15) is 46.0 Å². The van der Waals surface area contributed by atoms with Gasteiger partial charge in [-0.15, -0.1) is 0 Å². The van der Waals surface area contributed by atoms with Crippen molar-refractivity contribution in [1.82, 2.24) is 39.9 Å². The van der Waals surface area contributed by atoms with Crippen LogP contribution in [0.1, 0.15) is 162 Å². The van der Waals surface area contributed by atoms with Crippen molar-refractivity contribution in [2.45, 2.75) is 240 Å². The fourth-order valence-electron chi connectivity index (χ4n) is 16.1. The first kappa shape index (κ1) is 108. The Labute approximate surface area is 904 Å². The van der Waals surface area contributed by atoms with E-state index in [4.69, 9.17) is 81.4 Å². The van der Waals surface area contributed by atoms with Crippen molar-refractivity contribution >= 4 is 138 Å². The maximum atomic E-state index is 8.19. The van der Waals surface area contributed by atoms with E-state index in [0.717, 1.165) is 95.7 Å². The van der Waals surface area contributed by atoms with Gasteiger partial charge < -0.3 is 67.8 Å². The van der Waals surface area contributed by atoms with Crippen LogP contribution in [0.4, 0.5) is 0 Å². The summed E-state index contributed by atoms with van der Waals surface area (Å²) in [6.45, 7) is 38.3. The fourth-order valence-corrected chi connectivity index (χ4v) is 24.9. The minimum absolute atomic E-state index is 0.236. The molecule has 0 N–H and O–H groups in total. The second-order valence-electron chi connectivity index (χ2n) is 39.3. The molecule has 0 atom stereocenters. The van der Waals surface area contributed by atoms with Crippen molar-refractivity contribution in [2.24, 2.45) is 47.3 Å². The van der Waals surface area contributed by atoms with E-state index in [-0.39, 0.29) is 93.2 Å². The molecular weight excluding hydrogens is 2000 g/mol. The minimum atomic E-state index is 0.236. The van der Waals surface area contributed by atoms with Crippen molar-refractivity contribution in [3.05, 3.63) is 243 Å². The number of hydrogen-bond acceptors (Lipinski definition) is 23. The molecule has 0 saturated carbocycles. The summed E-state index contributed by atoms with van der Waals surface area (Å²) in [6, 6.07) is 84.2. The molecule has 0 saturated heterocycles. The van der Waals surface area contributed by atoms with Crippen LogP contribution in [-0.2, 0) is 21.0 Å². The quantitative estimate of drug-likeness (QED) is 0.0349. The molecular formula is C120H128N8O9S8V. The van der Waals surface area contributed by atoms with Crippen molar-refractivity contribution < 1.29 is 58.9 Å². The molecule has 17 rings (SSSR count). The van der Waals surface area contributed by atoms with Gasteiger partial charge in [-0.1, -0.05) is 350 Å². The number of aromatic nitrogens is 8. The first-order valence-electron chi connectivity index (χ1n) is 50.8. The average Bonchev–Trinajstić information content (AvgIpc) is 1.54. The van der Waals surface area contributed by atoms with Crippen LogP contribution in [0.2, 0.25) is 0 Å². The third-order valence-corrected chi connectivity index (χ3v) is 33.3. The van der Waals surface area contributed by atoms with Gasteiger partial charge in [0, 0.05) is 83.3 Å². The van der Waals surface area contributed by atoms with E-state index in [2.05, 4.69) is 353 Å². The van der Waals surface area contributed by atoms with E-state index in [9.17, 15) is 0 Å². The monoisotopic (exact) mass is 2130 g/mol. The molecule has 17 nitrogen and oxygen atoms in total. The van der Waals surface area contributed by atoms with Crippen molar-refractivity contribution in [2.75, 3.05) is 52.9 Å². The first-order valence-corrected chi connectivity index (χ1v) is 57.9. The summed E-state index contributed by atoms with van der Waals surface area (Å²) < 4.78 is 70.8. The topological polar surface area (TPSA) is 196 Å². The van der Waals surface area contributed by atoms with E-state index in [0.29, 0.717) is 194 Å². The Morgan fingerprint density at radius 1 is 0.199 bits per heavy atom. The van der Waals surface area contributed by atoms with Crippen LogP contribution in [0.25, 0.3) is 89.7 Å². The maximum absolute atomic E-state index is 8.19. The molecule has 26 heteroatoms.